The number of aromatic hydroxyl groups is 1. The fraction of sp³-hybridized carbons (Fsp3) is 0.211. The predicted octanol–water partition coefficient (Wildman–Crippen LogP) is 3.89. The van der Waals surface area contributed by atoms with Crippen molar-refractivity contribution in [2.45, 2.75) is 6.42 Å². The second-order valence-corrected chi connectivity index (χ2v) is 6.02. The molecule has 0 radical (unpaired) electrons. The van der Waals surface area contributed by atoms with Crippen molar-refractivity contribution < 1.29 is 9.84 Å². The molecule has 1 aliphatic heterocycles. The number of phenolic OH excluding ortho intramolecular Hbond substituents is 1. The minimum absolute atomic E-state index is 0.292. The van der Waals surface area contributed by atoms with E-state index in [0.29, 0.717) is 10.9 Å². The molecule has 0 bridgehead atoms. The summed E-state index contributed by atoms with van der Waals surface area (Å²) in [5, 5.41) is 13.4. The zero-order valence-electron chi connectivity index (χ0n) is 13.5. The summed E-state index contributed by atoms with van der Waals surface area (Å²) in [6.07, 6.45) is 3.11. The van der Waals surface area contributed by atoms with Gasteiger partial charge < -0.3 is 20.1 Å². The first-order valence-corrected chi connectivity index (χ1v) is 8.25. The topological polar surface area (TPSA) is 44.7 Å². The first-order valence-electron chi connectivity index (χ1n) is 7.84. The lowest BCUT2D eigenvalue weighted by molar-refractivity contribution is 0.415. The maximum Gasteiger partial charge on any atom is 0.173 e. The van der Waals surface area contributed by atoms with Gasteiger partial charge in [-0.05, 0) is 54.0 Å². The number of nitrogens with zero attached hydrogens (tertiary/aromatic N) is 1. The van der Waals surface area contributed by atoms with Gasteiger partial charge in [-0.25, -0.2) is 0 Å². The van der Waals surface area contributed by atoms with Gasteiger partial charge in [-0.2, -0.15) is 0 Å². The molecule has 4 nitrogen and oxygen atoms in total. The van der Waals surface area contributed by atoms with Crippen LogP contribution in [-0.4, -0.2) is 35.3 Å². The molecule has 0 saturated heterocycles. The molecule has 5 heteroatoms. The average Bonchev–Trinajstić information content (AvgIpc) is 2.62. The van der Waals surface area contributed by atoms with Crippen molar-refractivity contribution in [3.05, 3.63) is 60.2 Å². The third kappa shape index (κ3) is 3.86. The van der Waals surface area contributed by atoms with Crippen LogP contribution in [0.25, 0.3) is 5.57 Å². The molecule has 0 fully saturated rings. The molecule has 2 aromatic rings. The third-order valence-electron chi connectivity index (χ3n) is 4.06. The summed E-state index contributed by atoms with van der Waals surface area (Å²) in [4.78, 5) is 2.14. The van der Waals surface area contributed by atoms with Crippen molar-refractivity contribution in [3.8, 4) is 11.5 Å². The van der Waals surface area contributed by atoms with Gasteiger partial charge in [0, 0.05) is 24.8 Å². The number of hydrogen-bond acceptors (Lipinski definition) is 3. The zero-order chi connectivity index (χ0) is 16.9. The molecule has 2 aromatic carbocycles. The van der Waals surface area contributed by atoms with E-state index < -0.39 is 0 Å². The van der Waals surface area contributed by atoms with Crippen molar-refractivity contribution in [2.24, 2.45) is 0 Å². The van der Waals surface area contributed by atoms with Gasteiger partial charge in [0.05, 0.1) is 7.11 Å². The SMILES string of the molecule is COc1cccc(NC(=S)N2CC=C(c3ccc(O)cc3)CC2)c1. The normalized spacial score (nSPS) is 14.0. The summed E-state index contributed by atoms with van der Waals surface area (Å²) in [6, 6.07) is 15.1. The van der Waals surface area contributed by atoms with Crippen LogP contribution in [-0.2, 0) is 0 Å². The van der Waals surface area contributed by atoms with Crippen LogP contribution in [0.3, 0.4) is 0 Å². The summed E-state index contributed by atoms with van der Waals surface area (Å²) in [7, 11) is 1.65. The molecule has 1 heterocycles. The van der Waals surface area contributed by atoms with E-state index in [1.807, 2.05) is 36.4 Å². The highest BCUT2D eigenvalue weighted by Crippen LogP contribution is 2.24. The maximum absolute atomic E-state index is 9.39. The summed E-state index contributed by atoms with van der Waals surface area (Å²) in [5.74, 6) is 1.09. The number of thiocarbonyl (C=S) groups is 1. The van der Waals surface area contributed by atoms with Crippen LogP contribution in [0.15, 0.2) is 54.6 Å². The summed E-state index contributed by atoms with van der Waals surface area (Å²) >= 11 is 5.52. The molecule has 0 spiro atoms. The van der Waals surface area contributed by atoms with Gasteiger partial charge in [-0.1, -0.05) is 24.3 Å². The van der Waals surface area contributed by atoms with E-state index in [9.17, 15) is 5.11 Å². The Morgan fingerprint density at radius 3 is 2.67 bits per heavy atom. The van der Waals surface area contributed by atoms with Crippen LogP contribution in [0.1, 0.15) is 12.0 Å². The Kier molecular flexibility index (Phi) is 5.01. The van der Waals surface area contributed by atoms with Gasteiger partial charge in [0.15, 0.2) is 5.11 Å². The second kappa shape index (κ2) is 7.36. The molecule has 124 valence electrons. The largest absolute Gasteiger partial charge is 0.508 e. The van der Waals surface area contributed by atoms with Crippen LogP contribution in [0, 0.1) is 0 Å². The van der Waals surface area contributed by atoms with Gasteiger partial charge in [-0.3, -0.25) is 0 Å². The Morgan fingerprint density at radius 1 is 1.21 bits per heavy atom. The van der Waals surface area contributed by atoms with E-state index in [0.717, 1.165) is 36.5 Å². The molecule has 0 unspecified atom stereocenters. The third-order valence-corrected chi connectivity index (χ3v) is 4.42. The minimum atomic E-state index is 0.292. The number of hydrogen-bond donors (Lipinski definition) is 2. The quantitative estimate of drug-likeness (QED) is 0.830. The first kappa shape index (κ1) is 16.3. The molecule has 2 N–H and O–H groups in total. The van der Waals surface area contributed by atoms with Crippen molar-refractivity contribution in [1.29, 1.82) is 0 Å². The highest BCUT2D eigenvalue weighted by molar-refractivity contribution is 7.80. The van der Waals surface area contributed by atoms with Crippen LogP contribution in [0.5, 0.6) is 11.5 Å². The summed E-state index contributed by atoms with van der Waals surface area (Å²) in [5.41, 5.74) is 3.36. The molecule has 3 rings (SSSR count). The van der Waals surface area contributed by atoms with E-state index in [-0.39, 0.29) is 0 Å². The number of benzene rings is 2. The van der Waals surface area contributed by atoms with Gasteiger partial charge in [0.1, 0.15) is 11.5 Å². The monoisotopic (exact) mass is 340 g/mol. The maximum atomic E-state index is 9.39. The van der Waals surface area contributed by atoms with Gasteiger partial charge in [-0.15, -0.1) is 0 Å². The Balaban J connectivity index is 1.63. The molecular weight excluding hydrogens is 320 g/mol. The lowest BCUT2D eigenvalue weighted by Gasteiger charge is -2.29. The van der Waals surface area contributed by atoms with Crippen LogP contribution in [0.2, 0.25) is 0 Å². The minimum Gasteiger partial charge on any atom is -0.508 e. The molecule has 0 atom stereocenters. The average molecular weight is 340 g/mol. The van der Waals surface area contributed by atoms with Crippen LogP contribution in [0.4, 0.5) is 5.69 Å². The van der Waals surface area contributed by atoms with Gasteiger partial charge in [0.25, 0.3) is 0 Å². The van der Waals surface area contributed by atoms with E-state index in [4.69, 9.17) is 17.0 Å². The van der Waals surface area contributed by atoms with Crippen LogP contribution < -0.4 is 10.1 Å². The molecule has 0 amide bonds. The fourth-order valence-electron chi connectivity index (χ4n) is 2.69. The van der Waals surface area contributed by atoms with Gasteiger partial charge >= 0.3 is 0 Å². The molecule has 0 saturated carbocycles. The van der Waals surface area contributed by atoms with E-state index in [2.05, 4.69) is 16.3 Å². The van der Waals surface area contributed by atoms with E-state index in [1.165, 1.54) is 5.57 Å². The molecule has 1 aliphatic rings. The molecule has 0 aromatic heterocycles. The predicted molar refractivity (Wildman–Crippen MR) is 101 cm³/mol. The number of nitrogens with one attached hydrogen (secondary N) is 1. The van der Waals surface area contributed by atoms with Crippen molar-refractivity contribution >= 4 is 28.6 Å². The fourth-order valence-corrected chi connectivity index (χ4v) is 2.98. The molecule has 0 aliphatic carbocycles. The Hall–Kier alpha value is -2.53. The standard InChI is InChI=1S/C19H20N2O2S/c1-23-18-4-2-3-16(13-18)20-19(24)21-11-9-15(10-12-21)14-5-7-17(22)8-6-14/h2-9,13,22H,10-12H2,1H3,(H,20,24). The number of anilines is 1. The molecule has 24 heavy (non-hydrogen) atoms. The Bertz CT molecular complexity index is 756. The van der Waals surface area contributed by atoms with Crippen LogP contribution >= 0.6 is 12.2 Å². The van der Waals surface area contributed by atoms with Gasteiger partial charge in [0.2, 0.25) is 0 Å². The Labute approximate surface area is 147 Å². The van der Waals surface area contributed by atoms with Crippen molar-refractivity contribution in [3.63, 3.8) is 0 Å². The van der Waals surface area contributed by atoms with E-state index in [1.54, 1.807) is 19.2 Å². The smallest absolute Gasteiger partial charge is 0.173 e. The number of methoxy groups -OCH3 is 1. The highest BCUT2D eigenvalue weighted by Gasteiger charge is 2.15. The highest BCUT2D eigenvalue weighted by atomic mass is 32.1. The lowest BCUT2D eigenvalue weighted by Crippen LogP contribution is -2.37. The van der Waals surface area contributed by atoms with Crippen molar-refractivity contribution in [1.82, 2.24) is 4.90 Å². The summed E-state index contributed by atoms with van der Waals surface area (Å²) < 4.78 is 5.23. The summed E-state index contributed by atoms with van der Waals surface area (Å²) in [6.45, 7) is 1.63. The number of phenols is 1. The number of ether oxygens (including phenoxy) is 1. The lowest BCUT2D eigenvalue weighted by atomic mass is 9.99. The van der Waals surface area contributed by atoms with Crippen molar-refractivity contribution in [2.75, 3.05) is 25.5 Å². The number of rotatable bonds is 3. The Morgan fingerprint density at radius 2 is 2.00 bits per heavy atom. The first-order chi connectivity index (χ1) is 11.7. The van der Waals surface area contributed by atoms with E-state index >= 15 is 0 Å². The zero-order valence-corrected chi connectivity index (χ0v) is 14.3. The molecular formula is C19H20N2O2S. The second-order valence-electron chi connectivity index (χ2n) is 5.63.